The lowest BCUT2D eigenvalue weighted by atomic mass is 9.33. The molecule has 0 spiro atoms. The van der Waals surface area contributed by atoms with Crippen LogP contribution in [0, 0.1) is 6.92 Å². The molecule has 0 saturated heterocycles. The van der Waals surface area contributed by atoms with Crippen molar-refractivity contribution in [2.45, 2.75) is 240 Å². The fourth-order valence-electron chi connectivity index (χ4n) is 17.0. The Hall–Kier alpha value is -6.98. The van der Waals surface area contributed by atoms with Crippen molar-refractivity contribution in [2.75, 3.05) is 14.7 Å². The van der Waals surface area contributed by atoms with Crippen LogP contribution in [0.3, 0.4) is 0 Å². The third-order valence-electron chi connectivity index (χ3n) is 23.2. The first-order valence-electron chi connectivity index (χ1n) is 34.2. The summed E-state index contributed by atoms with van der Waals surface area (Å²) < 4.78 is 7.68. The molecule has 2 aliphatic heterocycles. The number of rotatable bonds is 5. The van der Waals surface area contributed by atoms with Crippen molar-refractivity contribution < 1.29 is 4.42 Å². The number of benzene rings is 8. The van der Waals surface area contributed by atoms with Gasteiger partial charge in [0.15, 0.2) is 0 Å². The summed E-state index contributed by atoms with van der Waals surface area (Å²) in [5, 5.41) is 2.41. The number of anilines is 9. The van der Waals surface area contributed by atoms with Gasteiger partial charge in [-0.05, 0) is 245 Å². The minimum Gasteiger partial charge on any atom is -0.457 e. The van der Waals surface area contributed by atoms with Crippen LogP contribution >= 0.6 is 0 Å². The van der Waals surface area contributed by atoms with E-state index in [-0.39, 0.29) is 55.4 Å². The van der Waals surface area contributed by atoms with Crippen molar-refractivity contribution >= 4 is 96.2 Å². The van der Waals surface area contributed by atoms with Crippen molar-refractivity contribution in [2.24, 2.45) is 0 Å². The van der Waals surface area contributed by atoms with Gasteiger partial charge >= 0.3 is 0 Å². The Balaban J connectivity index is 1.18. The van der Waals surface area contributed by atoms with Gasteiger partial charge in [-0.15, -0.1) is 0 Å². The van der Waals surface area contributed by atoms with E-state index in [0.29, 0.717) is 0 Å². The summed E-state index contributed by atoms with van der Waals surface area (Å²) in [6, 6.07) is 54.0. The van der Waals surface area contributed by atoms with Crippen LogP contribution in [-0.4, -0.2) is 6.71 Å². The van der Waals surface area contributed by atoms with Crippen LogP contribution in [0.5, 0.6) is 0 Å². The predicted molar refractivity (Wildman–Crippen MR) is 389 cm³/mol. The maximum Gasteiger partial charge on any atom is 0.257 e. The summed E-state index contributed by atoms with van der Waals surface area (Å²) >= 11 is 0. The number of aryl methyl sites for hydroxylation is 1. The predicted octanol–water partition coefficient (Wildman–Crippen LogP) is 22.4. The zero-order chi connectivity index (χ0) is 64.3. The van der Waals surface area contributed by atoms with Crippen molar-refractivity contribution in [1.82, 2.24) is 0 Å². The van der Waals surface area contributed by atoms with E-state index in [2.05, 4.69) is 300 Å². The van der Waals surface area contributed by atoms with E-state index in [1.165, 1.54) is 117 Å². The maximum atomic E-state index is 7.68. The Kier molecular flexibility index (Phi) is 13.2. The van der Waals surface area contributed by atoms with Gasteiger partial charge in [0.1, 0.15) is 11.2 Å². The lowest BCUT2D eigenvalue weighted by molar-refractivity contribution is 0.332. The molecule has 0 unspecified atom stereocenters. The van der Waals surface area contributed by atoms with Gasteiger partial charge in [-0.2, -0.15) is 0 Å². The molecule has 1 aromatic heterocycles. The monoisotopic (exact) mass is 1190 g/mol. The van der Waals surface area contributed by atoms with Gasteiger partial charge in [0.25, 0.3) is 6.71 Å². The second-order valence-electron chi connectivity index (χ2n) is 35.5. The molecule has 5 heteroatoms. The number of fused-ring (bicyclic) bond motifs is 11. The molecule has 90 heavy (non-hydrogen) atoms. The van der Waals surface area contributed by atoms with E-state index in [9.17, 15) is 0 Å². The number of hydrogen-bond acceptors (Lipinski definition) is 4. The summed E-state index contributed by atoms with van der Waals surface area (Å²) in [4.78, 5) is 8.03. The highest BCUT2D eigenvalue weighted by molar-refractivity contribution is 7.01. The van der Waals surface area contributed by atoms with Crippen molar-refractivity contribution in [3.63, 3.8) is 0 Å². The van der Waals surface area contributed by atoms with E-state index in [0.717, 1.165) is 66.8 Å². The van der Waals surface area contributed by atoms with Crippen LogP contribution in [0.25, 0.3) is 21.9 Å². The zero-order valence-corrected chi connectivity index (χ0v) is 58.8. The Morgan fingerprint density at radius 3 is 1.38 bits per heavy atom. The molecular weight excluding hydrogens is 1090 g/mol. The van der Waals surface area contributed by atoms with Gasteiger partial charge in [0.05, 0.1) is 5.69 Å². The second-order valence-corrected chi connectivity index (χ2v) is 35.5. The summed E-state index contributed by atoms with van der Waals surface area (Å²) in [6.07, 6.45) is 6.84. The molecule has 0 N–H and O–H groups in total. The molecule has 464 valence electrons. The van der Waals surface area contributed by atoms with Gasteiger partial charge in [-0.1, -0.05) is 200 Å². The number of hydrogen-bond donors (Lipinski definition) is 0. The number of furan rings is 1. The summed E-state index contributed by atoms with van der Waals surface area (Å²) in [5.41, 5.74) is 30.4. The van der Waals surface area contributed by atoms with Crippen molar-refractivity contribution in [3.05, 3.63) is 189 Å². The summed E-state index contributed by atoms with van der Waals surface area (Å²) in [7, 11) is 0. The fraction of sp³-hybridized carbons (Fsp3) is 0.435. The van der Waals surface area contributed by atoms with Crippen molar-refractivity contribution in [1.29, 1.82) is 0 Å². The number of nitrogens with zero attached hydrogens (tertiary/aromatic N) is 3. The molecule has 0 bridgehead atoms. The van der Waals surface area contributed by atoms with Crippen LogP contribution in [0.1, 0.15) is 240 Å². The van der Waals surface area contributed by atoms with Crippen LogP contribution in [0.4, 0.5) is 51.2 Å². The largest absolute Gasteiger partial charge is 0.457 e. The first-order chi connectivity index (χ1) is 41.9. The van der Waals surface area contributed by atoms with Gasteiger partial charge in [0, 0.05) is 56.3 Å². The lowest BCUT2D eigenvalue weighted by Gasteiger charge is -2.48. The summed E-state index contributed by atoms with van der Waals surface area (Å²) in [5.74, 6) is 0. The quantitative estimate of drug-likeness (QED) is 0.160. The van der Waals surface area contributed by atoms with E-state index in [1.54, 1.807) is 0 Å². The molecule has 0 radical (unpaired) electrons. The van der Waals surface area contributed by atoms with E-state index < -0.39 is 0 Å². The van der Waals surface area contributed by atoms with Gasteiger partial charge in [-0.25, -0.2) is 0 Å². The minimum atomic E-state index is -0.193. The molecule has 5 aliphatic rings. The van der Waals surface area contributed by atoms with E-state index >= 15 is 0 Å². The van der Waals surface area contributed by atoms with Crippen molar-refractivity contribution in [3.8, 4) is 0 Å². The molecule has 0 atom stereocenters. The average Bonchev–Trinajstić information content (AvgIpc) is 0.936. The average molecular weight is 1190 g/mol. The molecule has 14 rings (SSSR count). The smallest absolute Gasteiger partial charge is 0.257 e. The highest BCUT2D eigenvalue weighted by atomic mass is 16.3. The molecule has 0 fully saturated rings. The second kappa shape index (κ2) is 19.5. The lowest BCUT2D eigenvalue weighted by Crippen LogP contribution is -2.62. The Bertz CT molecular complexity index is 4380. The van der Waals surface area contributed by atoms with Gasteiger partial charge in [0.2, 0.25) is 0 Å². The van der Waals surface area contributed by atoms with Crippen LogP contribution in [0.2, 0.25) is 0 Å². The molecule has 0 amide bonds. The Labute approximate surface area is 541 Å². The molecule has 8 aromatic carbocycles. The third kappa shape index (κ3) is 9.31. The molecule has 3 heterocycles. The Morgan fingerprint density at radius 1 is 0.400 bits per heavy atom. The molecule has 4 nitrogen and oxygen atoms in total. The SMILES string of the molecule is Cc1cc2c(cc1N1c3cc(N(c4ccc(C(C)(C)C)cc4)c4ccc(C(C)(C)C)cc4)cc4c3B(c3cc5c(cc3N4c3ccc4c(c3)C(C)(C)CCC4(C)C)C(C)(C)CCC5(C)C)c3c1ccc1c3oc3cccc(C(C)(C)C)c31)C(C)(C)CCC2(C)C. The highest BCUT2D eigenvalue weighted by Gasteiger charge is 2.50. The van der Waals surface area contributed by atoms with Crippen LogP contribution in [0.15, 0.2) is 138 Å². The van der Waals surface area contributed by atoms with Crippen LogP contribution < -0.4 is 31.1 Å². The first kappa shape index (κ1) is 60.6. The third-order valence-corrected chi connectivity index (χ3v) is 23.2. The van der Waals surface area contributed by atoms with Gasteiger partial charge in [-0.3, -0.25) is 0 Å². The standard InChI is InChI=1S/C85H100BN3O/c1-51-44-61-64(84(19,20)42-40-81(61,13)14)49-68(51)89-67-37-35-58-73-60(79(8,9)10)24-23-25-72(73)90-76(58)75(67)86-66-48-63-65(85(21,22)43-41-83(63,17)18)50-69(66)88(56-34-36-59-62(45-56)82(15,16)39-38-80(59,11)12)70-46-57(47-71(89)74(70)86)87(54-30-26-52(27-31-54)77(2,3)4)55-32-28-53(29-33-55)78(5,6)7/h23-37,44-50H,38-43H2,1-22H3. The van der Waals surface area contributed by atoms with E-state index in [4.69, 9.17) is 4.42 Å². The summed E-state index contributed by atoms with van der Waals surface area (Å²) in [6.45, 7) is 53.0. The topological polar surface area (TPSA) is 22.9 Å². The highest BCUT2D eigenvalue weighted by Crippen LogP contribution is 2.57. The Morgan fingerprint density at radius 2 is 0.867 bits per heavy atom. The molecule has 0 saturated carbocycles. The first-order valence-corrected chi connectivity index (χ1v) is 34.2. The normalized spacial score (nSPS) is 19.0. The minimum absolute atomic E-state index is 0.0117. The van der Waals surface area contributed by atoms with Gasteiger partial charge < -0.3 is 19.1 Å². The molecule has 9 aromatic rings. The maximum absolute atomic E-state index is 7.68. The molecule has 3 aliphatic carbocycles. The zero-order valence-electron chi connectivity index (χ0n) is 58.8. The van der Waals surface area contributed by atoms with Crippen LogP contribution in [-0.2, 0) is 48.7 Å². The van der Waals surface area contributed by atoms with E-state index in [1.807, 2.05) is 0 Å². The fourth-order valence-corrected chi connectivity index (χ4v) is 17.0. The molecular formula is C85H100BN3O.